The summed E-state index contributed by atoms with van der Waals surface area (Å²) >= 11 is 2.08. The quantitative estimate of drug-likeness (QED) is 0.621. The van der Waals surface area contributed by atoms with Crippen molar-refractivity contribution in [3.63, 3.8) is 0 Å². The molecule has 0 amide bonds. The summed E-state index contributed by atoms with van der Waals surface area (Å²) in [7, 11) is 0. The van der Waals surface area contributed by atoms with E-state index in [2.05, 4.69) is 27.7 Å². The summed E-state index contributed by atoms with van der Waals surface area (Å²) in [6, 6.07) is 2.56. The van der Waals surface area contributed by atoms with Crippen LogP contribution in [0.2, 0.25) is 0 Å². The van der Waals surface area contributed by atoms with Gasteiger partial charge >= 0.3 is 0 Å². The monoisotopic (exact) mass is 362 g/mol. The van der Waals surface area contributed by atoms with Crippen LogP contribution in [0.4, 0.5) is 8.78 Å². The highest BCUT2D eigenvalue weighted by atomic mass is 127. The SMILES string of the molecule is CC(C(=O)c1ccc(F)c(F)c1)n1cc(I)cn1. The molecule has 2 aromatic rings. The van der Waals surface area contributed by atoms with Crippen molar-refractivity contribution in [3.05, 3.63) is 51.4 Å². The van der Waals surface area contributed by atoms with Gasteiger partial charge < -0.3 is 0 Å². The number of Topliss-reactive ketones (excluding diaryl/α,β-unsaturated/α-hetero) is 1. The summed E-state index contributed by atoms with van der Waals surface area (Å²) in [5.74, 6) is -2.30. The molecule has 0 saturated carbocycles. The first-order chi connectivity index (χ1) is 8.49. The third kappa shape index (κ3) is 2.58. The van der Waals surface area contributed by atoms with E-state index in [4.69, 9.17) is 0 Å². The van der Waals surface area contributed by atoms with Crippen molar-refractivity contribution in [2.75, 3.05) is 0 Å². The number of hydrogen-bond donors (Lipinski definition) is 0. The molecule has 0 fully saturated rings. The Labute approximate surface area is 116 Å². The zero-order chi connectivity index (χ0) is 13.3. The molecule has 1 heterocycles. The van der Waals surface area contributed by atoms with E-state index in [1.165, 1.54) is 10.7 Å². The minimum Gasteiger partial charge on any atom is -0.292 e. The highest BCUT2D eigenvalue weighted by Gasteiger charge is 2.19. The van der Waals surface area contributed by atoms with Crippen molar-refractivity contribution in [1.29, 1.82) is 0 Å². The van der Waals surface area contributed by atoms with E-state index in [9.17, 15) is 13.6 Å². The fourth-order valence-electron chi connectivity index (χ4n) is 1.54. The van der Waals surface area contributed by atoms with Gasteiger partial charge in [-0.2, -0.15) is 5.10 Å². The molecule has 0 aliphatic carbocycles. The molecule has 1 aromatic carbocycles. The van der Waals surface area contributed by atoms with Gasteiger partial charge in [-0.05, 0) is 47.7 Å². The number of rotatable bonds is 3. The number of aromatic nitrogens is 2. The summed E-state index contributed by atoms with van der Waals surface area (Å²) in [4.78, 5) is 12.1. The molecule has 0 spiro atoms. The smallest absolute Gasteiger partial charge is 0.187 e. The van der Waals surface area contributed by atoms with E-state index in [-0.39, 0.29) is 11.3 Å². The minimum absolute atomic E-state index is 0.131. The number of hydrogen-bond acceptors (Lipinski definition) is 2. The van der Waals surface area contributed by atoms with Gasteiger partial charge in [0.25, 0.3) is 0 Å². The zero-order valence-corrected chi connectivity index (χ0v) is 11.6. The fraction of sp³-hybridized carbons (Fsp3) is 0.167. The Hall–Kier alpha value is -1.31. The Kier molecular flexibility index (Phi) is 3.74. The topological polar surface area (TPSA) is 34.9 Å². The summed E-state index contributed by atoms with van der Waals surface area (Å²) in [5.41, 5.74) is 0.131. The van der Waals surface area contributed by atoms with Crippen LogP contribution in [0.3, 0.4) is 0 Å². The van der Waals surface area contributed by atoms with Gasteiger partial charge in [-0.1, -0.05) is 0 Å². The maximum Gasteiger partial charge on any atom is 0.187 e. The van der Waals surface area contributed by atoms with Gasteiger partial charge in [0.2, 0.25) is 0 Å². The Bertz CT molecular complexity index is 598. The summed E-state index contributed by atoms with van der Waals surface area (Å²) in [5, 5.41) is 4.02. The van der Waals surface area contributed by atoms with Crippen molar-refractivity contribution in [3.8, 4) is 0 Å². The summed E-state index contributed by atoms with van der Waals surface area (Å²) < 4.78 is 28.2. The Balaban J connectivity index is 2.28. The molecule has 2 rings (SSSR count). The standard InChI is InChI=1S/C12H9F2IN2O/c1-7(17-6-9(15)5-16-17)12(18)8-2-3-10(13)11(14)4-8/h2-7H,1H3. The van der Waals surface area contributed by atoms with E-state index in [1.54, 1.807) is 19.3 Å². The molecule has 3 nitrogen and oxygen atoms in total. The molecular formula is C12H9F2IN2O. The normalized spacial score (nSPS) is 12.4. The van der Waals surface area contributed by atoms with Crippen molar-refractivity contribution in [1.82, 2.24) is 9.78 Å². The lowest BCUT2D eigenvalue weighted by atomic mass is 10.1. The van der Waals surface area contributed by atoms with Crippen LogP contribution in [-0.4, -0.2) is 15.6 Å². The molecule has 0 bridgehead atoms. The molecule has 0 N–H and O–H groups in total. The predicted octanol–water partition coefficient (Wildman–Crippen LogP) is 3.21. The van der Waals surface area contributed by atoms with Crippen molar-refractivity contribution >= 4 is 28.4 Å². The van der Waals surface area contributed by atoms with Crippen molar-refractivity contribution < 1.29 is 13.6 Å². The van der Waals surface area contributed by atoms with E-state index in [1.807, 2.05) is 0 Å². The number of carbonyl (C=O) groups excluding carboxylic acids is 1. The Morgan fingerprint density at radius 3 is 2.67 bits per heavy atom. The van der Waals surface area contributed by atoms with Gasteiger partial charge in [0.1, 0.15) is 6.04 Å². The second-order valence-electron chi connectivity index (χ2n) is 3.81. The Morgan fingerprint density at radius 2 is 2.11 bits per heavy atom. The van der Waals surface area contributed by atoms with Crippen molar-refractivity contribution in [2.24, 2.45) is 0 Å². The van der Waals surface area contributed by atoms with Crippen LogP contribution < -0.4 is 0 Å². The largest absolute Gasteiger partial charge is 0.292 e. The van der Waals surface area contributed by atoms with Crippen LogP contribution in [0.25, 0.3) is 0 Å². The molecule has 1 aromatic heterocycles. The maximum atomic E-state index is 13.1. The highest BCUT2D eigenvalue weighted by Crippen LogP contribution is 2.17. The minimum atomic E-state index is -1.02. The molecule has 6 heteroatoms. The predicted molar refractivity (Wildman–Crippen MR) is 70.3 cm³/mol. The first-order valence-corrected chi connectivity index (χ1v) is 6.26. The molecule has 94 valence electrons. The number of nitrogens with zero attached hydrogens (tertiary/aromatic N) is 2. The van der Waals surface area contributed by atoms with E-state index in [0.717, 1.165) is 15.7 Å². The lowest BCUT2D eigenvalue weighted by Crippen LogP contribution is -2.17. The average molecular weight is 362 g/mol. The first kappa shape index (κ1) is 13.1. The second-order valence-corrected chi connectivity index (χ2v) is 5.05. The number of benzene rings is 1. The average Bonchev–Trinajstić information content (AvgIpc) is 2.77. The van der Waals surface area contributed by atoms with Crippen LogP contribution >= 0.6 is 22.6 Å². The van der Waals surface area contributed by atoms with Gasteiger partial charge in [0.15, 0.2) is 17.4 Å². The Morgan fingerprint density at radius 1 is 1.39 bits per heavy atom. The lowest BCUT2D eigenvalue weighted by molar-refractivity contribution is 0.0927. The second kappa shape index (κ2) is 5.13. The first-order valence-electron chi connectivity index (χ1n) is 5.18. The van der Waals surface area contributed by atoms with Crippen LogP contribution in [0, 0.1) is 15.2 Å². The molecular weight excluding hydrogens is 353 g/mol. The van der Waals surface area contributed by atoms with Gasteiger partial charge in [-0.25, -0.2) is 8.78 Å². The number of carbonyl (C=O) groups is 1. The molecule has 0 radical (unpaired) electrons. The molecule has 0 saturated heterocycles. The van der Waals surface area contributed by atoms with Crippen LogP contribution in [0.15, 0.2) is 30.6 Å². The van der Waals surface area contributed by atoms with Crippen LogP contribution in [0.5, 0.6) is 0 Å². The molecule has 1 unspecified atom stereocenters. The van der Waals surface area contributed by atoms with E-state index < -0.39 is 17.7 Å². The van der Waals surface area contributed by atoms with Crippen LogP contribution in [0.1, 0.15) is 23.3 Å². The van der Waals surface area contributed by atoms with E-state index in [0.29, 0.717) is 0 Å². The van der Waals surface area contributed by atoms with Gasteiger partial charge in [0.05, 0.1) is 9.77 Å². The zero-order valence-electron chi connectivity index (χ0n) is 9.40. The van der Waals surface area contributed by atoms with Crippen LogP contribution in [-0.2, 0) is 0 Å². The maximum absolute atomic E-state index is 13.1. The number of ketones is 1. The molecule has 0 aliphatic heterocycles. The molecule has 0 aliphatic rings. The molecule has 1 atom stereocenters. The number of halogens is 3. The van der Waals surface area contributed by atoms with E-state index >= 15 is 0 Å². The lowest BCUT2D eigenvalue weighted by Gasteiger charge is -2.11. The summed E-state index contributed by atoms with van der Waals surface area (Å²) in [6.07, 6.45) is 3.33. The molecule has 18 heavy (non-hydrogen) atoms. The van der Waals surface area contributed by atoms with Gasteiger partial charge in [-0.15, -0.1) is 0 Å². The summed E-state index contributed by atoms with van der Waals surface area (Å²) in [6.45, 7) is 1.66. The third-order valence-corrected chi connectivity index (χ3v) is 3.11. The third-order valence-electron chi connectivity index (χ3n) is 2.55. The fourth-order valence-corrected chi connectivity index (χ4v) is 1.95. The van der Waals surface area contributed by atoms with Gasteiger partial charge in [-0.3, -0.25) is 9.48 Å². The van der Waals surface area contributed by atoms with Gasteiger partial charge in [0, 0.05) is 11.8 Å². The van der Waals surface area contributed by atoms with Crippen molar-refractivity contribution in [2.45, 2.75) is 13.0 Å². The highest BCUT2D eigenvalue weighted by molar-refractivity contribution is 14.1.